The van der Waals surface area contributed by atoms with E-state index in [2.05, 4.69) is 0 Å². The second kappa shape index (κ2) is 1.70. The van der Waals surface area contributed by atoms with Gasteiger partial charge in [-0.1, -0.05) is 0 Å². The molecule has 0 saturated heterocycles. The van der Waals surface area contributed by atoms with Crippen LogP contribution < -0.4 is 5.73 Å². The lowest BCUT2D eigenvalue weighted by molar-refractivity contribution is -0.0500. The van der Waals surface area contributed by atoms with Crippen LogP contribution in [-0.4, -0.2) is 12.0 Å². The van der Waals surface area contributed by atoms with Crippen LogP contribution in [0.15, 0.2) is 0 Å². The summed E-state index contributed by atoms with van der Waals surface area (Å²) in [5.41, 5.74) is 5.47. The van der Waals surface area contributed by atoms with E-state index in [1.54, 1.807) is 0 Å². The SMILES string of the molecule is NC1C2CCCC(F)(F)C12. The van der Waals surface area contributed by atoms with Crippen LogP contribution in [0, 0.1) is 11.8 Å². The van der Waals surface area contributed by atoms with Gasteiger partial charge in [0.05, 0.1) is 0 Å². The van der Waals surface area contributed by atoms with E-state index in [-0.39, 0.29) is 18.4 Å². The van der Waals surface area contributed by atoms with Crippen LogP contribution in [0.2, 0.25) is 0 Å². The summed E-state index contributed by atoms with van der Waals surface area (Å²) in [5, 5.41) is 0. The topological polar surface area (TPSA) is 26.0 Å². The summed E-state index contributed by atoms with van der Waals surface area (Å²) in [4.78, 5) is 0. The van der Waals surface area contributed by atoms with Crippen molar-refractivity contribution in [3.05, 3.63) is 0 Å². The monoisotopic (exact) mass is 147 g/mol. The summed E-state index contributed by atoms with van der Waals surface area (Å²) < 4.78 is 25.6. The Morgan fingerprint density at radius 2 is 2.10 bits per heavy atom. The fourth-order valence-electron chi connectivity index (χ4n) is 2.11. The third-order valence-electron chi connectivity index (χ3n) is 2.76. The summed E-state index contributed by atoms with van der Waals surface area (Å²) in [7, 11) is 0. The Morgan fingerprint density at radius 3 is 2.60 bits per heavy atom. The average molecular weight is 147 g/mol. The number of fused-ring (bicyclic) bond motifs is 1. The number of nitrogens with two attached hydrogens (primary N) is 1. The average Bonchev–Trinajstić information content (AvgIpc) is 2.43. The van der Waals surface area contributed by atoms with Gasteiger partial charge in [-0.05, 0) is 18.8 Å². The fourth-order valence-corrected chi connectivity index (χ4v) is 2.11. The standard InChI is InChI=1S/C7H11F2N/c8-7(9)3-1-2-4-5(7)6(4)10/h4-6H,1-3,10H2. The van der Waals surface area contributed by atoms with Gasteiger partial charge in [-0.25, -0.2) is 8.78 Å². The minimum atomic E-state index is -2.44. The van der Waals surface area contributed by atoms with Crippen LogP contribution in [0.25, 0.3) is 0 Å². The van der Waals surface area contributed by atoms with Crippen molar-refractivity contribution in [2.45, 2.75) is 31.2 Å². The first-order valence-corrected chi connectivity index (χ1v) is 3.76. The highest BCUT2D eigenvalue weighted by atomic mass is 19.3. The molecule has 0 spiro atoms. The second-order valence-corrected chi connectivity index (χ2v) is 3.42. The van der Waals surface area contributed by atoms with Crippen molar-refractivity contribution in [2.24, 2.45) is 17.6 Å². The van der Waals surface area contributed by atoms with Gasteiger partial charge in [-0.3, -0.25) is 0 Å². The molecule has 0 amide bonds. The van der Waals surface area contributed by atoms with E-state index in [4.69, 9.17) is 5.73 Å². The number of rotatable bonds is 0. The molecule has 3 unspecified atom stereocenters. The Balaban J connectivity index is 2.12. The van der Waals surface area contributed by atoms with E-state index >= 15 is 0 Å². The molecule has 2 rings (SSSR count). The van der Waals surface area contributed by atoms with Gasteiger partial charge in [0.2, 0.25) is 0 Å². The molecule has 0 aliphatic heterocycles. The third kappa shape index (κ3) is 0.698. The van der Waals surface area contributed by atoms with E-state index < -0.39 is 11.8 Å². The van der Waals surface area contributed by atoms with Gasteiger partial charge < -0.3 is 5.73 Å². The lowest BCUT2D eigenvalue weighted by atomic mass is 9.97. The van der Waals surface area contributed by atoms with Crippen LogP contribution in [0.5, 0.6) is 0 Å². The Kier molecular flexibility index (Phi) is 1.11. The molecule has 2 N–H and O–H groups in total. The molecule has 3 heteroatoms. The van der Waals surface area contributed by atoms with Crippen molar-refractivity contribution in [1.82, 2.24) is 0 Å². The van der Waals surface area contributed by atoms with Gasteiger partial charge in [0.25, 0.3) is 5.92 Å². The highest BCUT2D eigenvalue weighted by molar-refractivity contribution is 5.10. The Bertz CT molecular complexity index is 158. The van der Waals surface area contributed by atoms with Crippen molar-refractivity contribution < 1.29 is 8.78 Å². The number of alkyl halides is 2. The van der Waals surface area contributed by atoms with Gasteiger partial charge in [0, 0.05) is 18.4 Å². The van der Waals surface area contributed by atoms with Gasteiger partial charge in [0.15, 0.2) is 0 Å². The van der Waals surface area contributed by atoms with Crippen molar-refractivity contribution in [2.75, 3.05) is 0 Å². The first-order chi connectivity index (χ1) is 4.63. The van der Waals surface area contributed by atoms with Crippen LogP contribution in [0.3, 0.4) is 0 Å². The van der Waals surface area contributed by atoms with Gasteiger partial charge >= 0.3 is 0 Å². The van der Waals surface area contributed by atoms with Crippen LogP contribution in [-0.2, 0) is 0 Å². The van der Waals surface area contributed by atoms with Gasteiger partial charge in [-0.2, -0.15) is 0 Å². The fraction of sp³-hybridized carbons (Fsp3) is 1.00. The summed E-state index contributed by atoms with van der Waals surface area (Å²) in [6.07, 6.45) is 1.63. The lowest BCUT2D eigenvalue weighted by Crippen LogP contribution is -2.25. The maximum absolute atomic E-state index is 12.8. The zero-order valence-corrected chi connectivity index (χ0v) is 5.69. The molecular weight excluding hydrogens is 136 g/mol. The summed E-state index contributed by atoms with van der Waals surface area (Å²) in [6.45, 7) is 0. The molecule has 2 aliphatic carbocycles. The third-order valence-corrected chi connectivity index (χ3v) is 2.76. The van der Waals surface area contributed by atoms with Crippen molar-refractivity contribution in [1.29, 1.82) is 0 Å². The maximum atomic E-state index is 12.8. The largest absolute Gasteiger partial charge is 0.327 e. The molecule has 2 saturated carbocycles. The predicted molar refractivity (Wildman–Crippen MR) is 33.8 cm³/mol. The zero-order valence-electron chi connectivity index (χ0n) is 5.69. The van der Waals surface area contributed by atoms with Gasteiger partial charge in [0.1, 0.15) is 0 Å². The molecule has 2 fully saturated rings. The summed E-state index contributed by atoms with van der Waals surface area (Å²) >= 11 is 0. The first-order valence-electron chi connectivity index (χ1n) is 3.76. The summed E-state index contributed by atoms with van der Waals surface area (Å²) in [6, 6.07) is -0.197. The van der Waals surface area contributed by atoms with Crippen LogP contribution in [0.4, 0.5) is 8.78 Å². The molecule has 0 heterocycles. The molecule has 0 bridgehead atoms. The van der Waals surface area contributed by atoms with E-state index in [1.807, 2.05) is 0 Å². The molecule has 0 radical (unpaired) electrons. The molecule has 10 heavy (non-hydrogen) atoms. The minimum Gasteiger partial charge on any atom is -0.327 e. The number of hydrogen-bond acceptors (Lipinski definition) is 1. The molecular formula is C7H11F2N. The van der Waals surface area contributed by atoms with Gasteiger partial charge in [-0.15, -0.1) is 0 Å². The number of hydrogen-bond donors (Lipinski definition) is 1. The minimum absolute atomic E-state index is 0.0574. The van der Waals surface area contributed by atoms with E-state index in [0.29, 0.717) is 6.42 Å². The molecule has 3 atom stereocenters. The quantitative estimate of drug-likeness (QED) is 0.550. The Labute approximate surface area is 58.6 Å². The van der Waals surface area contributed by atoms with Crippen molar-refractivity contribution in [3.8, 4) is 0 Å². The number of halogens is 2. The maximum Gasteiger partial charge on any atom is 0.252 e. The molecule has 0 aromatic rings. The molecule has 0 aromatic heterocycles. The highest BCUT2D eigenvalue weighted by Crippen LogP contribution is 2.56. The van der Waals surface area contributed by atoms with Crippen molar-refractivity contribution in [3.63, 3.8) is 0 Å². The molecule has 2 aliphatic rings. The Morgan fingerprint density at radius 1 is 1.40 bits per heavy atom. The normalized spacial score (nSPS) is 50.1. The highest BCUT2D eigenvalue weighted by Gasteiger charge is 2.62. The summed E-state index contributed by atoms with van der Waals surface area (Å²) in [5.74, 6) is -2.77. The molecule has 1 nitrogen and oxygen atoms in total. The van der Waals surface area contributed by atoms with E-state index in [9.17, 15) is 8.78 Å². The first kappa shape index (κ1) is 6.53. The van der Waals surface area contributed by atoms with Crippen LogP contribution in [0.1, 0.15) is 19.3 Å². The predicted octanol–water partition coefficient (Wildman–Crippen LogP) is 1.38. The van der Waals surface area contributed by atoms with Crippen LogP contribution >= 0.6 is 0 Å². The smallest absolute Gasteiger partial charge is 0.252 e. The molecule has 0 aromatic carbocycles. The Hall–Kier alpha value is -0.180. The lowest BCUT2D eigenvalue weighted by Gasteiger charge is -2.19. The van der Waals surface area contributed by atoms with E-state index in [1.165, 1.54) is 0 Å². The van der Waals surface area contributed by atoms with E-state index in [0.717, 1.165) is 6.42 Å². The zero-order chi connectivity index (χ0) is 7.35. The van der Waals surface area contributed by atoms with Crippen molar-refractivity contribution >= 4 is 0 Å². The second-order valence-electron chi connectivity index (χ2n) is 3.42. The molecule has 58 valence electrons.